The summed E-state index contributed by atoms with van der Waals surface area (Å²) in [5.41, 5.74) is 11.4. The van der Waals surface area contributed by atoms with Crippen LogP contribution in [-0.4, -0.2) is 19.5 Å². The zero-order valence-electron chi connectivity index (χ0n) is 30.4. The van der Waals surface area contributed by atoms with Crippen molar-refractivity contribution in [3.05, 3.63) is 182 Å². The minimum Gasteiger partial charge on any atom is -0.456 e. The van der Waals surface area contributed by atoms with Crippen LogP contribution in [0.1, 0.15) is 0 Å². The molecule has 8 aromatic carbocycles. The van der Waals surface area contributed by atoms with Gasteiger partial charge >= 0.3 is 0 Å². The number of furan rings is 2. The summed E-state index contributed by atoms with van der Waals surface area (Å²) in [7, 11) is 0. The van der Waals surface area contributed by atoms with Crippen LogP contribution in [0.15, 0.2) is 191 Å². The smallest absolute Gasteiger partial charge is 0.164 e. The Kier molecular flexibility index (Phi) is 6.83. The zero-order valence-corrected chi connectivity index (χ0v) is 30.4. The maximum atomic E-state index is 6.62. The van der Waals surface area contributed by atoms with E-state index in [9.17, 15) is 0 Å². The molecule has 0 saturated carbocycles. The van der Waals surface area contributed by atoms with E-state index < -0.39 is 0 Å². The fourth-order valence-electron chi connectivity index (χ4n) is 8.32. The predicted molar refractivity (Wildman–Crippen MR) is 230 cm³/mol. The molecule has 0 bridgehead atoms. The number of nitrogens with zero attached hydrogens (tertiary/aromatic N) is 4. The molecule has 12 rings (SSSR count). The maximum absolute atomic E-state index is 6.62. The van der Waals surface area contributed by atoms with E-state index in [1.165, 1.54) is 10.8 Å². The van der Waals surface area contributed by atoms with Gasteiger partial charge in [-0.2, -0.15) is 0 Å². The summed E-state index contributed by atoms with van der Waals surface area (Å²) in [4.78, 5) is 15.1. The molecular formula is C51H30N4O2. The fourth-order valence-corrected chi connectivity index (χ4v) is 8.32. The Balaban J connectivity index is 0.970. The zero-order chi connectivity index (χ0) is 37.5. The van der Waals surface area contributed by atoms with Gasteiger partial charge in [-0.3, -0.25) is 0 Å². The van der Waals surface area contributed by atoms with E-state index in [1.54, 1.807) is 0 Å². The topological polar surface area (TPSA) is 69.9 Å². The van der Waals surface area contributed by atoms with E-state index >= 15 is 0 Å². The highest BCUT2D eigenvalue weighted by molar-refractivity contribution is 6.11. The van der Waals surface area contributed by atoms with Crippen molar-refractivity contribution in [1.82, 2.24) is 19.5 Å². The second kappa shape index (κ2) is 12.3. The molecule has 0 radical (unpaired) electrons. The van der Waals surface area contributed by atoms with Gasteiger partial charge in [-0.15, -0.1) is 0 Å². The molecule has 0 fully saturated rings. The Bertz CT molecular complexity index is 3470. The maximum Gasteiger partial charge on any atom is 0.164 e. The summed E-state index contributed by atoms with van der Waals surface area (Å²) in [6.45, 7) is 0. The Morgan fingerprint density at radius 3 is 1.25 bits per heavy atom. The average Bonchev–Trinajstić information content (AvgIpc) is 3.95. The molecule has 0 amide bonds. The lowest BCUT2D eigenvalue weighted by Crippen LogP contribution is -2.00. The van der Waals surface area contributed by atoms with Gasteiger partial charge in [-0.1, -0.05) is 115 Å². The third-order valence-corrected chi connectivity index (χ3v) is 11.1. The highest BCUT2D eigenvalue weighted by atomic mass is 16.3. The quantitative estimate of drug-likeness (QED) is 0.176. The molecule has 57 heavy (non-hydrogen) atoms. The summed E-state index contributed by atoms with van der Waals surface area (Å²) in [5, 5.41) is 6.65. The number of benzene rings is 8. The number of hydrogen-bond donors (Lipinski definition) is 0. The van der Waals surface area contributed by atoms with E-state index in [-0.39, 0.29) is 0 Å². The van der Waals surface area contributed by atoms with Crippen LogP contribution in [0.3, 0.4) is 0 Å². The lowest BCUT2D eigenvalue weighted by molar-refractivity contribution is 0.668. The Labute approximate surface area is 325 Å². The molecule has 6 nitrogen and oxygen atoms in total. The molecule has 0 aliphatic carbocycles. The van der Waals surface area contributed by atoms with E-state index in [2.05, 4.69) is 138 Å². The SMILES string of the molecule is c1ccc(-c2ccc3c(c2)oc2cc(-c4nc(-c5ccccc5)nc(-c5ccc6c(c5)oc5cc(-n7c8ccccc8c8ccccc87)ccc56)n4)ccc23)cc1. The summed E-state index contributed by atoms with van der Waals surface area (Å²) < 4.78 is 15.4. The van der Waals surface area contributed by atoms with Crippen molar-refractivity contribution in [2.24, 2.45) is 0 Å². The number of fused-ring (bicyclic) bond motifs is 9. The van der Waals surface area contributed by atoms with Gasteiger partial charge in [0.2, 0.25) is 0 Å². The van der Waals surface area contributed by atoms with Gasteiger partial charge in [0.25, 0.3) is 0 Å². The first-order valence-electron chi connectivity index (χ1n) is 19.0. The Morgan fingerprint density at radius 2 is 0.702 bits per heavy atom. The van der Waals surface area contributed by atoms with Crippen LogP contribution in [0, 0.1) is 0 Å². The van der Waals surface area contributed by atoms with Crippen LogP contribution in [0.4, 0.5) is 0 Å². The largest absolute Gasteiger partial charge is 0.456 e. The van der Waals surface area contributed by atoms with Crippen molar-refractivity contribution in [1.29, 1.82) is 0 Å². The third-order valence-electron chi connectivity index (χ3n) is 11.1. The van der Waals surface area contributed by atoms with E-state index in [0.29, 0.717) is 17.5 Å². The fraction of sp³-hybridized carbons (Fsp3) is 0. The Hall–Kier alpha value is -7.83. The number of aromatic nitrogens is 4. The molecule has 0 spiro atoms. The van der Waals surface area contributed by atoms with Crippen LogP contribution in [-0.2, 0) is 0 Å². The molecule has 4 heterocycles. The molecular weight excluding hydrogens is 701 g/mol. The average molecular weight is 731 g/mol. The molecule has 266 valence electrons. The van der Waals surface area contributed by atoms with Gasteiger partial charge < -0.3 is 13.4 Å². The second-order valence-corrected chi connectivity index (χ2v) is 14.4. The van der Waals surface area contributed by atoms with Crippen molar-refractivity contribution in [2.45, 2.75) is 0 Å². The van der Waals surface area contributed by atoms with Gasteiger partial charge in [0.1, 0.15) is 22.3 Å². The lowest BCUT2D eigenvalue weighted by atomic mass is 10.0. The van der Waals surface area contributed by atoms with Crippen LogP contribution in [0.25, 0.3) is 117 Å². The standard InChI is InChI=1S/C51H30N4O2/c1-3-11-31(12-4-1)33-19-23-39-40-24-20-34(28-46(40)56-45(39)27-33)50-52-49(32-13-5-2-6-14-32)53-51(54-50)35-21-25-41-42-26-22-36(30-48(42)57-47(41)29-35)55-43-17-9-7-15-37(43)38-16-8-10-18-44(38)55/h1-30H. The first-order chi connectivity index (χ1) is 28.2. The van der Waals surface area contributed by atoms with Crippen molar-refractivity contribution in [3.8, 4) is 51.0 Å². The van der Waals surface area contributed by atoms with E-state index in [4.69, 9.17) is 23.8 Å². The van der Waals surface area contributed by atoms with Gasteiger partial charge in [-0.05, 0) is 71.8 Å². The molecule has 0 aliphatic heterocycles. The van der Waals surface area contributed by atoms with Crippen LogP contribution in [0.5, 0.6) is 0 Å². The molecule has 0 atom stereocenters. The summed E-state index contributed by atoms with van der Waals surface area (Å²) in [5.74, 6) is 1.71. The van der Waals surface area contributed by atoms with Crippen molar-refractivity contribution < 1.29 is 8.83 Å². The van der Waals surface area contributed by atoms with Gasteiger partial charge in [0.15, 0.2) is 17.5 Å². The molecule has 6 heteroatoms. The normalized spacial score (nSPS) is 11.9. The first kappa shape index (κ1) is 31.5. The first-order valence-corrected chi connectivity index (χ1v) is 19.0. The molecule has 0 N–H and O–H groups in total. The van der Waals surface area contributed by atoms with Gasteiger partial charge in [-0.25, -0.2) is 15.0 Å². The summed E-state index contributed by atoms with van der Waals surface area (Å²) in [6, 6.07) is 62.7. The number of hydrogen-bond acceptors (Lipinski definition) is 5. The Morgan fingerprint density at radius 1 is 0.298 bits per heavy atom. The molecule has 0 aliphatic rings. The molecule has 4 aromatic heterocycles. The minimum atomic E-state index is 0.560. The van der Waals surface area contributed by atoms with Crippen LogP contribution >= 0.6 is 0 Å². The molecule has 0 saturated heterocycles. The van der Waals surface area contributed by atoms with Crippen LogP contribution in [0.2, 0.25) is 0 Å². The van der Waals surface area contributed by atoms with Crippen LogP contribution < -0.4 is 0 Å². The van der Waals surface area contributed by atoms with E-state index in [0.717, 1.165) is 88.4 Å². The summed E-state index contributed by atoms with van der Waals surface area (Å²) >= 11 is 0. The van der Waals surface area contributed by atoms with Crippen molar-refractivity contribution in [3.63, 3.8) is 0 Å². The van der Waals surface area contributed by atoms with Crippen molar-refractivity contribution >= 4 is 65.7 Å². The van der Waals surface area contributed by atoms with Gasteiger partial charge in [0.05, 0.1) is 11.0 Å². The van der Waals surface area contributed by atoms with Crippen molar-refractivity contribution in [2.75, 3.05) is 0 Å². The second-order valence-electron chi connectivity index (χ2n) is 14.4. The highest BCUT2D eigenvalue weighted by Crippen LogP contribution is 2.38. The third kappa shape index (κ3) is 5.08. The highest BCUT2D eigenvalue weighted by Gasteiger charge is 2.18. The molecule has 0 unspecified atom stereocenters. The molecule has 12 aromatic rings. The lowest BCUT2D eigenvalue weighted by Gasteiger charge is -2.08. The minimum absolute atomic E-state index is 0.560. The summed E-state index contributed by atoms with van der Waals surface area (Å²) in [6.07, 6.45) is 0. The monoisotopic (exact) mass is 730 g/mol. The van der Waals surface area contributed by atoms with Gasteiger partial charge in [0, 0.05) is 60.8 Å². The number of rotatable bonds is 5. The number of para-hydroxylation sites is 2. The predicted octanol–water partition coefficient (Wildman–Crippen LogP) is 13.4. The van der Waals surface area contributed by atoms with E-state index in [1.807, 2.05) is 48.5 Å².